The molecule has 1 heterocycles. The van der Waals surface area contributed by atoms with Gasteiger partial charge in [0.15, 0.2) is 11.0 Å². The first-order valence-electron chi connectivity index (χ1n) is 9.90. The highest BCUT2D eigenvalue weighted by atomic mass is 32.2. The molecule has 1 aromatic heterocycles. The minimum Gasteiger partial charge on any atom is -0.486 e. The van der Waals surface area contributed by atoms with Gasteiger partial charge in [0.05, 0.1) is 5.75 Å². The van der Waals surface area contributed by atoms with Gasteiger partial charge < -0.3 is 10.1 Å². The molecular weight excluding hydrogens is 415 g/mol. The Labute approximate surface area is 185 Å². The van der Waals surface area contributed by atoms with Crippen molar-refractivity contribution >= 4 is 23.4 Å². The fraction of sp³-hybridized carbons (Fsp3) is 0.261. The molecule has 0 saturated carbocycles. The molecule has 2 aromatic carbocycles. The number of halogens is 1. The molecule has 6 nitrogen and oxygen atoms in total. The molecular formula is C23H25FN4O2S. The highest BCUT2D eigenvalue weighted by molar-refractivity contribution is 7.99. The van der Waals surface area contributed by atoms with Gasteiger partial charge >= 0.3 is 0 Å². The van der Waals surface area contributed by atoms with Gasteiger partial charge in [0.25, 0.3) is 0 Å². The maximum Gasteiger partial charge on any atom is 0.234 e. The zero-order chi connectivity index (χ0) is 22.2. The van der Waals surface area contributed by atoms with E-state index in [0.717, 1.165) is 5.75 Å². The van der Waals surface area contributed by atoms with Crippen LogP contribution in [0.15, 0.2) is 66.3 Å². The Morgan fingerprint density at radius 2 is 1.90 bits per heavy atom. The summed E-state index contributed by atoms with van der Waals surface area (Å²) in [6, 6.07) is 13.6. The molecule has 8 heteroatoms. The van der Waals surface area contributed by atoms with E-state index in [9.17, 15) is 9.18 Å². The molecule has 0 aliphatic carbocycles. The van der Waals surface area contributed by atoms with Crippen molar-refractivity contribution in [3.05, 3.63) is 78.4 Å². The van der Waals surface area contributed by atoms with E-state index in [0.29, 0.717) is 29.1 Å². The number of thioether (sulfide) groups is 1. The Kier molecular flexibility index (Phi) is 7.83. The SMILES string of the molecule is C=CCn1c(COc2ccc(C(C)C)cc2)nnc1SCC(=O)Nc1ccc(F)cc1. The topological polar surface area (TPSA) is 69.0 Å². The van der Waals surface area contributed by atoms with E-state index in [2.05, 4.69) is 48.1 Å². The fourth-order valence-electron chi connectivity index (χ4n) is 2.80. The molecule has 0 atom stereocenters. The normalized spacial score (nSPS) is 10.8. The Morgan fingerprint density at radius 1 is 1.19 bits per heavy atom. The molecule has 162 valence electrons. The summed E-state index contributed by atoms with van der Waals surface area (Å²) in [6.45, 7) is 8.83. The summed E-state index contributed by atoms with van der Waals surface area (Å²) < 4.78 is 20.7. The molecule has 3 rings (SSSR count). The number of anilines is 1. The second kappa shape index (κ2) is 10.8. The van der Waals surface area contributed by atoms with Gasteiger partial charge in [-0.2, -0.15) is 0 Å². The van der Waals surface area contributed by atoms with Crippen LogP contribution in [-0.2, 0) is 17.9 Å². The smallest absolute Gasteiger partial charge is 0.234 e. The van der Waals surface area contributed by atoms with Crippen LogP contribution in [0, 0.1) is 5.82 Å². The predicted octanol–water partition coefficient (Wildman–Crippen LogP) is 5.04. The monoisotopic (exact) mass is 440 g/mol. The summed E-state index contributed by atoms with van der Waals surface area (Å²) in [7, 11) is 0. The van der Waals surface area contributed by atoms with Crippen LogP contribution in [0.5, 0.6) is 5.75 Å². The summed E-state index contributed by atoms with van der Waals surface area (Å²) >= 11 is 1.27. The first-order valence-corrected chi connectivity index (χ1v) is 10.9. The van der Waals surface area contributed by atoms with Gasteiger partial charge in [0.2, 0.25) is 5.91 Å². The molecule has 1 N–H and O–H groups in total. The number of aromatic nitrogens is 3. The first kappa shape index (κ1) is 22.6. The molecule has 0 fully saturated rings. The van der Waals surface area contributed by atoms with Crippen molar-refractivity contribution in [2.75, 3.05) is 11.1 Å². The van der Waals surface area contributed by atoms with Gasteiger partial charge in [-0.25, -0.2) is 4.39 Å². The highest BCUT2D eigenvalue weighted by Gasteiger charge is 2.14. The molecule has 0 saturated heterocycles. The van der Waals surface area contributed by atoms with Gasteiger partial charge in [-0.15, -0.1) is 16.8 Å². The minimum atomic E-state index is -0.351. The Bertz CT molecular complexity index is 1020. The van der Waals surface area contributed by atoms with Crippen molar-refractivity contribution in [1.29, 1.82) is 0 Å². The number of nitrogens with zero attached hydrogens (tertiary/aromatic N) is 3. The van der Waals surface area contributed by atoms with E-state index in [1.54, 1.807) is 6.08 Å². The summed E-state index contributed by atoms with van der Waals surface area (Å²) in [5.74, 6) is 1.44. The molecule has 0 radical (unpaired) electrons. The Hall–Kier alpha value is -3.13. The molecule has 0 bridgehead atoms. The molecule has 0 aliphatic rings. The number of amides is 1. The summed E-state index contributed by atoms with van der Waals surface area (Å²) in [5.41, 5.74) is 1.79. The van der Waals surface area contributed by atoms with Gasteiger partial charge in [0.1, 0.15) is 18.2 Å². The molecule has 3 aromatic rings. The first-order chi connectivity index (χ1) is 15.0. The molecule has 31 heavy (non-hydrogen) atoms. The average Bonchev–Trinajstić information content (AvgIpc) is 3.14. The maximum absolute atomic E-state index is 13.0. The van der Waals surface area contributed by atoms with Gasteiger partial charge in [-0.3, -0.25) is 9.36 Å². The molecule has 1 amide bonds. The van der Waals surface area contributed by atoms with Crippen molar-refractivity contribution < 1.29 is 13.9 Å². The van der Waals surface area contributed by atoms with E-state index in [-0.39, 0.29) is 24.1 Å². The van der Waals surface area contributed by atoms with Crippen molar-refractivity contribution in [3.8, 4) is 5.75 Å². The van der Waals surface area contributed by atoms with Crippen LogP contribution < -0.4 is 10.1 Å². The number of rotatable bonds is 10. The van der Waals surface area contributed by atoms with E-state index in [1.807, 2.05) is 16.7 Å². The second-order valence-corrected chi connectivity index (χ2v) is 8.10. The van der Waals surface area contributed by atoms with Gasteiger partial charge in [0, 0.05) is 12.2 Å². The third kappa shape index (κ3) is 6.42. The van der Waals surface area contributed by atoms with E-state index >= 15 is 0 Å². The standard InChI is InChI=1S/C23H25FN4O2S/c1-4-13-28-21(14-30-20-11-5-17(6-12-20)16(2)3)26-27-23(28)31-15-22(29)25-19-9-7-18(24)8-10-19/h4-12,16H,1,13-15H2,2-3H3,(H,25,29). The van der Waals surface area contributed by atoms with E-state index in [1.165, 1.54) is 41.6 Å². The van der Waals surface area contributed by atoms with Crippen LogP contribution in [0.1, 0.15) is 31.2 Å². The summed E-state index contributed by atoms with van der Waals surface area (Å²) in [4.78, 5) is 12.2. The molecule has 0 unspecified atom stereocenters. The van der Waals surface area contributed by atoms with E-state index in [4.69, 9.17) is 4.74 Å². The lowest BCUT2D eigenvalue weighted by Gasteiger charge is -2.10. The van der Waals surface area contributed by atoms with Crippen LogP contribution in [0.2, 0.25) is 0 Å². The largest absolute Gasteiger partial charge is 0.486 e. The number of hydrogen-bond acceptors (Lipinski definition) is 5. The zero-order valence-electron chi connectivity index (χ0n) is 17.5. The lowest BCUT2D eigenvalue weighted by atomic mass is 10.0. The highest BCUT2D eigenvalue weighted by Crippen LogP contribution is 2.21. The summed E-state index contributed by atoms with van der Waals surface area (Å²) in [6.07, 6.45) is 1.74. The third-order valence-electron chi connectivity index (χ3n) is 4.48. The third-order valence-corrected chi connectivity index (χ3v) is 5.45. The van der Waals surface area contributed by atoms with Crippen LogP contribution in [0.3, 0.4) is 0 Å². The van der Waals surface area contributed by atoms with Crippen LogP contribution in [-0.4, -0.2) is 26.4 Å². The summed E-state index contributed by atoms with van der Waals surface area (Å²) in [5, 5.41) is 11.7. The van der Waals surface area contributed by atoms with Crippen LogP contribution in [0.4, 0.5) is 10.1 Å². The van der Waals surface area contributed by atoms with Gasteiger partial charge in [-0.1, -0.05) is 43.8 Å². The number of carbonyl (C=O) groups excluding carboxylic acids is 1. The molecule has 0 spiro atoms. The van der Waals surface area contributed by atoms with Crippen molar-refractivity contribution in [1.82, 2.24) is 14.8 Å². The van der Waals surface area contributed by atoms with Crippen LogP contribution in [0.25, 0.3) is 0 Å². The average molecular weight is 441 g/mol. The number of benzene rings is 2. The Balaban J connectivity index is 1.59. The van der Waals surface area contributed by atoms with Crippen molar-refractivity contribution in [3.63, 3.8) is 0 Å². The minimum absolute atomic E-state index is 0.143. The number of allylic oxidation sites excluding steroid dienone is 1. The van der Waals surface area contributed by atoms with Crippen LogP contribution >= 0.6 is 11.8 Å². The fourth-order valence-corrected chi connectivity index (χ4v) is 3.57. The zero-order valence-corrected chi connectivity index (χ0v) is 18.4. The molecule has 0 aliphatic heterocycles. The maximum atomic E-state index is 13.0. The van der Waals surface area contributed by atoms with Gasteiger partial charge in [-0.05, 0) is 47.9 Å². The number of ether oxygens (including phenoxy) is 1. The number of hydrogen-bond donors (Lipinski definition) is 1. The second-order valence-electron chi connectivity index (χ2n) is 7.15. The quantitative estimate of drug-likeness (QED) is 0.353. The number of carbonyl (C=O) groups is 1. The predicted molar refractivity (Wildman–Crippen MR) is 121 cm³/mol. The van der Waals surface area contributed by atoms with Crippen molar-refractivity contribution in [2.24, 2.45) is 0 Å². The number of nitrogens with one attached hydrogen (secondary N) is 1. The lowest BCUT2D eigenvalue weighted by molar-refractivity contribution is -0.113. The Morgan fingerprint density at radius 3 is 2.55 bits per heavy atom. The van der Waals surface area contributed by atoms with E-state index < -0.39 is 0 Å². The lowest BCUT2D eigenvalue weighted by Crippen LogP contribution is -2.15. The van der Waals surface area contributed by atoms with Crippen molar-refractivity contribution in [2.45, 2.75) is 38.1 Å².